The molecule has 1 rings (SSSR count). The Morgan fingerprint density at radius 1 is 1.06 bits per heavy atom. The molecule has 17 heavy (non-hydrogen) atoms. The van der Waals surface area contributed by atoms with Crippen LogP contribution in [0.1, 0.15) is 39.0 Å². The van der Waals surface area contributed by atoms with Crippen molar-refractivity contribution in [2.24, 2.45) is 0 Å². The van der Waals surface area contributed by atoms with E-state index in [9.17, 15) is 4.79 Å². The summed E-state index contributed by atoms with van der Waals surface area (Å²) < 4.78 is 9.95. The minimum Gasteiger partial charge on any atom is -0.434 e. The molecule has 0 aliphatic carbocycles. The maximum Gasteiger partial charge on any atom is 0.513 e. The molecule has 1 aromatic rings. The third-order valence-corrected chi connectivity index (χ3v) is 2.41. The molecule has 0 unspecified atom stereocenters. The van der Waals surface area contributed by atoms with Gasteiger partial charge in [0.15, 0.2) is 0 Å². The second kappa shape index (κ2) is 8.62. The molecule has 0 aliphatic rings. The molecule has 0 saturated carbocycles. The van der Waals surface area contributed by atoms with Gasteiger partial charge in [-0.05, 0) is 18.6 Å². The lowest BCUT2D eigenvalue weighted by Crippen LogP contribution is -2.11. The summed E-state index contributed by atoms with van der Waals surface area (Å²) in [5.41, 5.74) is 0. The van der Waals surface area contributed by atoms with Crippen LogP contribution >= 0.6 is 0 Å². The Labute approximate surface area is 103 Å². The van der Waals surface area contributed by atoms with E-state index in [1.165, 1.54) is 19.3 Å². The zero-order valence-corrected chi connectivity index (χ0v) is 10.4. The van der Waals surface area contributed by atoms with Crippen molar-refractivity contribution in [1.82, 2.24) is 0 Å². The third-order valence-electron chi connectivity index (χ3n) is 2.41. The van der Waals surface area contributed by atoms with Crippen LogP contribution in [0.4, 0.5) is 4.79 Å². The fraction of sp³-hybridized carbons (Fsp3) is 0.500. The molecular formula is C14H20O3. The first-order chi connectivity index (χ1) is 8.33. The summed E-state index contributed by atoms with van der Waals surface area (Å²) in [5, 5.41) is 0. The Morgan fingerprint density at radius 3 is 2.47 bits per heavy atom. The number of benzene rings is 1. The standard InChI is InChI=1S/C14H20O3/c1-2-3-4-5-9-12-16-14(15)17-13-10-7-6-8-11-13/h6-8,10-11H,2-5,9,12H2,1H3. The van der Waals surface area contributed by atoms with E-state index in [0.29, 0.717) is 12.4 Å². The highest BCUT2D eigenvalue weighted by Gasteiger charge is 2.04. The summed E-state index contributed by atoms with van der Waals surface area (Å²) in [6.45, 7) is 2.61. The van der Waals surface area contributed by atoms with Crippen LogP contribution in [0.15, 0.2) is 30.3 Å². The molecule has 0 radical (unpaired) electrons. The average molecular weight is 236 g/mol. The van der Waals surface area contributed by atoms with Crippen LogP contribution in [0, 0.1) is 0 Å². The third kappa shape index (κ3) is 6.61. The van der Waals surface area contributed by atoms with Gasteiger partial charge in [-0.25, -0.2) is 4.79 Å². The molecule has 0 spiro atoms. The first-order valence-corrected chi connectivity index (χ1v) is 6.22. The highest BCUT2D eigenvalue weighted by molar-refractivity contribution is 5.63. The fourth-order valence-electron chi connectivity index (χ4n) is 1.48. The average Bonchev–Trinajstić information content (AvgIpc) is 2.35. The quantitative estimate of drug-likeness (QED) is 0.405. The lowest BCUT2D eigenvalue weighted by molar-refractivity contribution is 0.0973. The lowest BCUT2D eigenvalue weighted by Gasteiger charge is -2.05. The summed E-state index contributed by atoms with van der Waals surface area (Å²) in [7, 11) is 0. The van der Waals surface area contributed by atoms with Gasteiger partial charge in [0.2, 0.25) is 0 Å². The van der Waals surface area contributed by atoms with Crippen molar-refractivity contribution in [1.29, 1.82) is 0 Å². The molecule has 0 saturated heterocycles. The number of hydrogen-bond acceptors (Lipinski definition) is 3. The molecule has 0 heterocycles. The van der Waals surface area contributed by atoms with Crippen LogP contribution in [0.3, 0.4) is 0 Å². The highest BCUT2D eigenvalue weighted by atomic mass is 16.7. The predicted molar refractivity (Wildman–Crippen MR) is 67.2 cm³/mol. The van der Waals surface area contributed by atoms with Crippen molar-refractivity contribution in [2.45, 2.75) is 39.0 Å². The summed E-state index contributed by atoms with van der Waals surface area (Å²) in [6, 6.07) is 8.94. The highest BCUT2D eigenvalue weighted by Crippen LogP contribution is 2.09. The number of carbonyl (C=O) groups excluding carboxylic acids is 1. The molecule has 0 atom stereocenters. The lowest BCUT2D eigenvalue weighted by atomic mass is 10.2. The van der Waals surface area contributed by atoms with E-state index in [-0.39, 0.29) is 0 Å². The Bertz CT molecular complexity index is 309. The van der Waals surface area contributed by atoms with Gasteiger partial charge in [0.25, 0.3) is 0 Å². The van der Waals surface area contributed by atoms with Gasteiger partial charge in [0, 0.05) is 0 Å². The van der Waals surface area contributed by atoms with Gasteiger partial charge in [0.05, 0.1) is 6.61 Å². The fourth-order valence-corrected chi connectivity index (χ4v) is 1.48. The zero-order chi connectivity index (χ0) is 12.3. The van der Waals surface area contributed by atoms with E-state index < -0.39 is 6.16 Å². The van der Waals surface area contributed by atoms with Crippen molar-refractivity contribution in [3.63, 3.8) is 0 Å². The van der Waals surface area contributed by atoms with E-state index in [1.54, 1.807) is 12.1 Å². The Kier molecular flexibility index (Phi) is 6.87. The normalized spacial score (nSPS) is 9.94. The van der Waals surface area contributed by atoms with E-state index in [1.807, 2.05) is 18.2 Å². The molecule has 0 fully saturated rings. The molecule has 94 valence electrons. The summed E-state index contributed by atoms with van der Waals surface area (Å²) >= 11 is 0. The topological polar surface area (TPSA) is 35.5 Å². The van der Waals surface area contributed by atoms with Gasteiger partial charge in [-0.15, -0.1) is 0 Å². The minimum absolute atomic E-state index is 0.440. The molecule has 0 amide bonds. The van der Waals surface area contributed by atoms with Crippen LogP contribution in [-0.2, 0) is 4.74 Å². The number of para-hydroxylation sites is 1. The molecular weight excluding hydrogens is 216 g/mol. The van der Waals surface area contributed by atoms with E-state index >= 15 is 0 Å². The monoisotopic (exact) mass is 236 g/mol. The SMILES string of the molecule is CCCCCCCOC(=O)Oc1ccccc1. The van der Waals surface area contributed by atoms with E-state index in [0.717, 1.165) is 12.8 Å². The van der Waals surface area contributed by atoms with E-state index in [4.69, 9.17) is 9.47 Å². The van der Waals surface area contributed by atoms with E-state index in [2.05, 4.69) is 6.92 Å². The molecule has 0 aliphatic heterocycles. The van der Waals surface area contributed by atoms with Gasteiger partial charge in [-0.3, -0.25) is 0 Å². The van der Waals surface area contributed by atoms with Crippen LogP contribution in [0.25, 0.3) is 0 Å². The van der Waals surface area contributed by atoms with Gasteiger partial charge >= 0.3 is 6.16 Å². The van der Waals surface area contributed by atoms with Crippen molar-refractivity contribution in [2.75, 3.05) is 6.61 Å². The van der Waals surface area contributed by atoms with Crippen LogP contribution in [-0.4, -0.2) is 12.8 Å². The second-order valence-electron chi connectivity index (χ2n) is 3.93. The maximum atomic E-state index is 11.3. The second-order valence-corrected chi connectivity index (χ2v) is 3.93. The molecule has 0 bridgehead atoms. The largest absolute Gasteiger partial charge is 0.513 e. The predicted octanol–water partition coefficient (Wildman–Crippen LogP) is 4.17. The Balaban J connectivity index is 2.06. The summed E-state index contributed by atoms with van der Waals surface area (Å²) in [4.78, 5) is 11.3. The zero-order valence-electron chi connectivity index (χ0n) is 10.4. The molecule has 3 nitrogen and oxygen atoms in total. The first kappa shape index (κ1) is 13.6. The number of ether oxygens (including phenoxy) is 2. The van der Waals surface area contributed by atoms with Crippen LogP contribution < -0.4 is 4.74 Å². The minimum atomic E-state index is -0.619. The molecule has 0 N–H and O–H groups in total. The number of carbonyl (C=O) groups is 1. The van der Waals surface area contributed by atoms with Crippen LogP contribution in [0.5, 0.6) is 5.75 Å². The first-order valence-electron chi connectivity index (χ1n) is 6.22. The van der Waals surface area contributed by atoms with Gasteiger partial charge in [-0.1, -0.05) is 50.8 Å². The molecule has 3 heteroatoms. The van der Waals surface area contributed by atoms with Crippen molar-refractivity contribution in [3.05, 3.63) is 30.3 Å². The molecule has 1 aromatic carbocycles. The number of rotatable bonds is 7. The van der Waals surface area contributed by atoms with Gasteiger partial charge in [0.1, 0.15) is 5.75 Å². The van der Waals surface area contributed by atoms with Gasteiger partial charge < -0.3 is 9.47 Å². The Morgan fingerprint density at radius 2 is 1.76 bits per heavy atom. The molecule has 0 aromatic heterocycles. The van der Waals surface area contributed by atoms with Crippen LogP contribution in [0.2, 0.25) is 0 Å². The number of unbranched alkanes of at least 4 members (excludes halogenated alkanes) is 4. The summed E-state index contributed by atoms with van der Waals surface area (Å²) in [5.74, 6) is 0.517. The van der Waals surface area contributed by atoms with Crippen molar-refractivity contribution in [3.8, 4) is 5.75 Å². The van der Waals surface area contributed by atoms with Crippen molar-refractivity contribution >= 4 is 6.16 Å². The maximum absolute atomic E-state index is 11.3. The van der Waals surface area contributed by atoms with Crippen molar-refractivity contribution < 1.29 is 14.3 Å². The summed E-state index contributed by atoms with van der Waals surface area (Å²) in [6.07, 6.45) is 5.06. The Hall–Kier alpha value is -1.51. The number of hydrogen-bond donors (Lipinski definition) is 0. The smallest absolute Gasteiger partial charge is 0.434 e. The van der Waals surface area contributed by atoms with Gasteiger partial charge in [-0.2, -0.15) is 0 Å².